The summed E-state index contributed by atoms with van der Waals surface area (Å²) in [6.07, 6.45) is 0.145. The van der Waals surface area contributed by atoms with E-state index in [0.29, 0.717) is 17.8 Å². The van der Waals surface area contributed by atoms with Gasteiger partial charge in [0.05, 0.1) is 11.7 Å². The average molecular weight is 266 g/mol. The molecule has 1 amide bonds. The lowest BCUT2D eigenvalue weighted by Gasteiger charge is -2.35. The minimum atomic E-state index is -0.967. The monoisotopic (exact) mass is 266 g/mol. The highest BCUT2D eigenvalue weighted by molar-refractivity contribution is 5.77. The van der Waals surface area contributed by atoms with E-state index in [4.69, 9.17) is 4.74 Å². The fourth-order valence-electron chi connectivity index (χ4n) is 2.75. The molecule has 2 atom stereocenters. The summed E-state index contributed by atoms with van der Waals surface area (Å²) < 4.78 is 32.6. The predicted molar refractivity (Wildman–Crippen MR) is 65.9 cm³/mol. The van der Waals surface area contributed by atoms with Gasteiger partial charge in [-0.2, -0.15) is 0 Å². The summed E-state index contributed by atoms with van der Waals surface area (Å²) in [4.78, 5) is 13.1. The molecule has 100 valence electrons. The van der Waals surface area contributed by atoms with Crippen molar-refractivity contribution in [2.24, 2.45) is 0 Å². The molecule has 0 saturated carbocycles. The second-order valence-corrected chi connectivity index (χ2v) is 4.69. The standard InChI is InChI=1S/C13H12F2N2O2/c1-3-6-10(15)8(14)4-7-11(6)17(2)5-9-12(7)19-13(18)16-9/h3-4,9,12H,1,5H2,2H3,(H,16,18). The number of nitrogens with zero attached hydrogens (tertiary/aromatic N) is 1. The molecule has 1 aromatic carbocycles. The number of nitrogens with one attached hydrogen (secondary N) is 1. The lowest BCUT2D eigenvalue weighted by Crippen LogP contribution is -2.43. The first-order valence-electron chi connectivity index (χ1n) is 5.85. The molecule has 1 N–H and O–H groups in total. The van der Waals surface area contributed by atoms with Crippen LogP contribution in [0.1, 0.15) is 17.2 Å². The van der Waals surface area contributed by atoms with Gasteiger partial charge in [0.25, 0.3) is 0 Å². The van der Waals surface area contributed by atoms with Crippen LogP contribution in [0.15, 0.2) is 12.6 Å². The lowest BCUT2D eigenvalue weighted by atomic mass is 9.92. The Morgan fingerprint density at radius 2 is 2.32 bits per heavy atom. The largest absolute Gasteiger partial charge is 0.439 e. The van der Waals surface area contributed by atoms with Crippen LogP contribution in [0.3, 0.4) is 0 Å². The van der Waals surface area contributed by atoms with Crippen molar-refractivity contribution < 1.29 is 18.3 Å². The van der Waals surface area contributed by atoms with E-state index in [2.05, 4.69) is 11.9 Å². The summed E-state index contributed by atoms with van der Waals surface area (Å²) in [5.41, 5.74) is 1.08. The molecule has 3 rings (SSSR count). The maximum Gasteiger partial charge on any atom is 0.408 e. The van der Waals surface area contributed by atoms with Crippen LogP contribution in [0.25, 0.3) is 6.08 Å². The van der Waals surface area contributed by atoms with Crippen molar-refractivity contribution in [2.45, 2.75) is 12.1 Å². The van der Waals surface area contributed by atoms with Crippen molar-refractivity contribution >= 4 is 17.9 Å². The van der Waals surface area contributed by atoms with Gasteiger partial charge >= 0.3 is 6.09 Å². The van der Waals surface area contributed by atoms with Crippen molar-refractivity contribution in [3.05, 3.63) is 35.4 Å². The number of halogens is 2. The molecule has 1 aromatic rings. The van der Waals surface area contributed by atoms with Crippen molar-refractivity contribution in [3.63, 3.8) is 0 Å². The molecule has 0 radical (unpaired) electrons. The van der Waals surface area contributed by atoms with E-state index < -0.39 is 23.8 Å². The van der Waals surface area contributed by atoms with Crippen LogP contribution in [0.4, 0.5) is 19.3 Å². The van der Waals surface area contributed by atoms with Crippen molar-refractivity contribution in [3.8, 4) is 0 Å². The van der Waals surface area contributed by atoms with Crippen molar-refractivity contribution in [2.75, 3.05) is 18.5 Å². The third-order valence-electron chi connectivity index (χ3n) is 3.52. The van der Waals surface area contributed by atoms with Crippen LogP contribution in [0.2, 0.25) is 0 Å². The first-order valence-corrected chi connectivity index (χ1v) is 5.85. The van der Waals surface area contributed by atoms with E-state index >= 15 is 0 Å². The molecule has 1 saturated heterocycles. The van der Waals surface area contributed by atoms with E-state index in [1.165, 1.54) is 6.08 Å². The summed E-state index contributed by atoms with van der Waals surface area (Å²) in [6.45, 7) is 3.99. The van der Waals surface area contributed by atoms with Crippen LogP contribution in [0.5, 0.6) is 0 Å². The van der Waals surface area contributed by atoms with Crippen LogP contribution in [0, 0.1) is 11.6 Å². The van der Waals surface area contributed by atoms with Gasteiger partial charge in [-0.15, -0.1) is 0 Å². The van der Waals surface area contributed by atoms with E-state index in [1.807, 2.05) is 0 Å². The van der Waals surface area contributed by atoms with Crippen LogP contribution >= 0.6 is 0 Å². The predicted octanol–water partition coefficient (Wildman–Crippen LogP) is 2.21. The third kappa shape index (κ3) is 1.59. The maximum atomic E-state index is 13.8. The van der Waals surface area contributed by atoms with Crippen LogP contribution in [-0.2, 0) is 4.74 Å². The number of ether oxygens (including phenoxy) is 1. The molecule has 2 aliphatic rings. The fraction of sp³-hybridized carbons (Fsp3) is 0.308. The van der Waals surface area contributed by atoms with Gasteiger partial charge in [0.2, 0.25) is 0 Å². The molecule has 4 nitrogen and oxygen atoms in total. The van der Waals surface area contributed by atoms with E-state index in [0.717, 1.165) is 6.07 Å². The Bertz CT molecular complexity index is 588. The minimum Gasteiger partial charge on any atom is -0.439 e. The number of amides is 1. The number of likely N-dealkylation sites (N-methyl/N-ethyl adjacent to an activating group) is 1. The number of hydrogen-bond donors (Lipinski definition) is 1. The van der Waals surface area contributed by atoms with Crippen LogP contribution in [-0.4, -0.2) is 25.7 Å². The number of carbonyl (C=O) groups is 1. The zero-order chi connectivity index (χ0) is 13.7. The molecule has 0 spiro atoms. The Morgan fingerprint density at radius 1 is 1.58 bits per heavy atom. The molecule has 6 heteroatoms. The smallest absolute Gasteiger partial charge is 0.408 e. The summed E-state index contributed by atoms with van der Waals surface area (Å²) in [7, 11) is 1.75. The molecule has 19 heavy (non-hydrogen) atoms. The first-order chi connectivity index (χ1) is 9.02. The number of fused-ring (bicyclic) bond motifs is 3. The summed E-state index contributed by atoms with van der Waals surface area (Å²) in [5, 5.41) is 2.65. The molecule has 2 aliphatic heterocycles. The highest BCUT2D eigenvalue weighted by atomic mass is 19.2. The number of hydrogen-bond acceptors (Lipinski definition) is 3. The van der Waals surface area contributed by atoms with Crippen molar-refractivity contribution in [1.29, 1.82) is 0 Å². The Balaban J connectivity index is 2.23. The van der Waals surface area contributed by atoms with Crippen LogP contribution < -0.4 is 10.2 Å². The Morgan fingerprint density at radius 3 is 3.00 bits per heavy atom. The SMILES string of the molecule is C=Cc1c(F)c(F)cc2c1N(C)CC1NC(=O)OC21. The number of carbonyl (C=O) groups excluding carboxylic acids is 1. The Labute approximate surface area is 108 Å². The van der Waals surface area contributed by atoms with Gasteiger partial charge in [-0.1, -0.05) is 12.7 Å². The summed E-state index contributed by atoms with van der Waals surface area (Å²) >= 11 is 0. The molecule has 0 aromatic heterocycles. The number of benzene rings is 1. The molecule has 2 heterocycles. The molecule has 0 bridgehead atoms. The Kier molecular flexibility index (Phi) is 2.48. The number of rotatable bonds is 1. The molecular formula is C13H12F2N2O2. The van der Waals surface area contributed by atoms with Gasteiger partial charge in [-0.3, -0.25) is 0 Å². The molecule has 2 unspecified atom stereocenters. The normalized spacial score (nSPS) is 24.4. The lowest BCUT2D eigenvalue weighted by molar-refractivity contribution is 0.130. The second kappa shape index (κ2) is 3.94. The maximum absolute atomic E-state index is 13.8. The zero-order valence-electron chi connectivity index (χ0n) is 10.2. The average Bonchev–Trinajstić information content (AvgIpc) is 2.72. The number of anilines is 1. The summed E-state index contributed by atoms with van der Waals surface area (Å²) in [5.74, 6) is -1.90. The first kappa shape index (κ1) is 12.0. The molecule has 0 aliphatic carbocycles. The van der Waals surface area contributed by atoms with Gasteiger partial charge < -0.3 is 15.0 Å². The highest BCUT2D eigenvalue weighted by Gasteiger charge is 2.42. The topological polar surface area (TPSA) is 41.6 Å². The second-order valence-electron chi connectivity index (χ2n) is 4.69. The minimum absolute atomic E-state index is 0.0962. The highest BCUT2D eigenvalue weighted by Crippen LogP contribution is 2.42. The van der Waals surface area contributed by atoms with E-state index in [-0.39, 0.29) is 11.6 Å². The van der Waals surface area contributed by atoms with E-state index in [9.17, 15) is 13.6 Å². The van der Waals surface area contributed by atoms with E-state index in [1.54, 1.807) is 11.9 Å². The molecular weight excluding hydrogens is 254 g/mol. The fourth-order valence-corrected chi connectivity index (χ4v) is 2.75. The van der Waals surface area contributed by atoms with Gasteiger partial charge in [-0.25, -0.2) is 13.6 Å². The summed E-state index contributed by atoms with van der Waals surface area (Å²) in [6, 6.07) is 0.832. The van der Waals surface area contributed by atoms with Gasteiger partial charge in [0.15, 0.2) is 17.7 Å². The Hall–Kier alpha value is -2.11. The zero-order valence-corrected chi connectivity index (χ0v) is 10.2. The molecule has 1 fully saturated rings. The number of alkyl carbamates (subject to hydrolysis) is 1. The van der Waals surface area contributed by atoms with Crippen molar-refractivity contribution in [1.82, 2.24) is 5.32 Å². The third-order valence-corrected chi connectivity index (χ3v) is 3.52. The van der Waals surface area contributed by atoms with Gasteiger partial charge in [0.1, 0.15) is 0 Å². The van der Waals surface area contributed by atoms with Gasteiger partial charge in [0, 0.05) is 24.7 Å². The van der Waals surface area contributed by atoms with Gasteiger partial charge in [-0.05, 0) is 6.07 Å². The quantitative estimate of drug-likeness (QED) is 0.847.